The van der Waals surface area contributed by atoms with Gasteiger partial charge in [-0.15, -0.1) is 6.58 Å². The van der Waals surface area contributed by atoms with Crippen LogP contribution in [0.3, 0.4) is 0 Å². The number of carbonyl (C=O) groups excluding carboxylic acids is 1. The van der Waals surface area contributed by atoms with Crippen molar-refractivity contribution in [1.29, 1.82) is 0 Å². The van der Waals surface area contributed by atoms with Crippen molar-refractivity contribution in [2.24, 2.45) is 0 Å². The molecule has 0 fully saturated rings. The number of esters is 1. The van der Waals surface area contributed by atoms with Gasteiger partial charge in [-0.25, -0.2) is 18.2 Å². The summed E-state index contributed by atoms with van der Waals surface area (Å²) in [6.45, 7) is 7.67. The van der Waals surface area contributed by atoms with Crippen LogP contribution in [0.4, 0.5) is 5.82 Å². The van der Waals surface area contributed by atoms with E-state index in [4.69, 9.17) is 13.9 Å². The number of sulfonamides is 1. The second-order valence-corrected chi connectivity index (χ2v) is 9.56. The van der Waals surface area contributed by atoms with Crippen molar-refractivity contribution < 1.29 is 27.1 Å². The standard InChI is InChI=1S/C26H26N4O6S/c1-4-15-30-16-22(26(31)34-5-2)24(28-30)29-37(32,33)21-13-11-20(12-14-21)35-17-23-18(3)36-25(27-23)19-9-7-6-8-10-19/h4,6-14,16H,1,5,15,17H2,2-3H3,(H,28,29). The summed E-state index contributed by atoms with van der Waals surface area (Å²) in [5, 5.41) is 4.14. The lowest BCUT2D eigenvalue weighted by molar-refractivity contribution is 0.0527. The molecule has 0 radical (unpaired) electrons. The molecule has 2 heterocycles. The molecule has 0 saturated carbocycles. The third-order valence-electron chi connectivity index (χ3n) is 5.23. The highest BCUT2D eigenvalue weighted by Crippen LogP contribution is 2.24. The van der Waals surface area contributed by atoms with Crippen LogP contribution in [0.15, 0.2) is 82.8 Å². The molecule has 0 aliphatic heterocycles. The van der Waals surface area contributed by atoms with E-state index >= 15 is 0 Å². The second kappa shape index (κ2) is 11.1. The van der Waals surface area contributed by atoms with Gasteiger partial charge in [0.2, 0.25) is 5.89 Å². The molecule has 0 saturated heterocycles. The van der Waals surface area contributed by atoms with Gasteiger partial charge in [0.05, 0.1) is 18.0 Å². The van der Waals surface area contributed by atoms with E-state index in [1.165, 1.54) is 35.1 Å². The van der Waals surface area contributed by atoms with Crippen LogP contribution >= 0.6 is 0 Å². The number of ether oxygens (including phenoxy) is 2. The lowest BCUT2D eigenvalue weighted by Gasteiger charge is -2.09. The number of hydrogen-bond donors (Lipinski definition) is 1. The van der Waals surface area contributed by atoms with E-state index in [0.717, 1.165) is 5.56 Å². The summed E-state index contributed by atoms with van der Waals surface area (Å²) in [6, 6.07) is 15.4. The Kier molecular flexibility index (Phi) is 7.73. The molecule has 11 heteroatoms. The molecule has 0 spiro atoms. The predicted octanol–water partition coefficient (Wildman–Crippen LogP) is 4.59. The molecule has 37 heavy (non-hydrogen) atoms. The number of allylic oxidation sites excluding steroid dienone is 1. The van der Waals surface area contributed by atoms with Gasteiger partial charge in [-0.3, -0.25) is 9.40 Å². The number of nitrogens with zero attached hydrogens (tertiary/aromatic N) is 3. The Bertz CT molecular complexity index is 1490. The zero-order chi connectivity index (χ0) is 26.4. The van der Waals surface area contributed by atoms with Crippen molar-refractivity contribution >= 4 is 21.8 Å². The maximum absolute atomic E-state index is 13.0. The van der Waals surface area contributed by atoms with Crippen LogP contribution < -0.4 is 9.46 Å². The van der Waals surface area contributed by atoms with Gasteiger partial charge in [-0.2, -0.15) is 5.10 Å². The average molecular weight is 523 g/mol. The number of oxazole rings is 1. The summed E-state index contributed by atoms with van der Waals surface area (Å²) in [5.74, 6) is 0.775. The van der Waals surface area contributed by atoms with Gasteiger partial charge in [-0.05, 0) is 50.2 Å². The van der Waals surface area contributed by atoms with Gasteiger partial charge >= 0.3 is 5.97 Å². The summed E-state index contributed by atoms with van der Waals surface area (Å²) >= 11 is 0. The van der Waals surface area contributed by atoms with Crippen LogP contribution in [-0.2, 0) is 27.9 Å². The first-order chi connectivity index (χ1) is 17.8. The summed E-state index contributed by atoms with van der Waals surface area (Å²) in [4.78, 5) is 16.7. The molecule has 0 amide bonds. The fourth-order valence-corrected chi connectivity index (χ4v) is 4.42. The van der Waals surface area contributed by atoms with Crippen LogP contribution in [0.2, 0.25) is 0 Å². The Hall–Kier alpha value is -4.38. The number of aryl methyl sites for hydroxylation is 1. The fraction of sp³-hybridized carbons (Fsp3) is 0.192. The van der Waals surface area contributed by atoms with Crippen molar-refractivity contribution in [2.45, 2.75) is 31.9 Å². The quantitative estimate of drug-likeness (QED) is 0.224. The SMILES string of the molecule is C=CCn1cc(C(=O)OCC)c(NS(=O)(=O)c2ccc(OCc3nc(-c4ccccc4)oc3C)cc2)n1. The fourth-order valence-electron chi connectivity index (χ4n) is 3.40. The highest BCUT2D eigenvalue weighted by molar-refractivity contribution is 7.92. The highest BCUT2D eigenvalue weighted by atomic mass is 32.2. The topological polar surface area (TPSA) is 126 Å². The van der Waals surface area contributed by atoms with Crippen LogP contribution in [0.1, 0.15) is 28.7 Å². The minimum Gasteiger partial charge on any atom is -0.487 e. The Morgan fingerprint density at radius 1 is 1.16 bits per heavy atom. The highest BCUT2D eigenvalue weighted by Gasteiger charge is 2.23. The van der Waals surface area contributed by atoms with E-state index in [0.29, 0.717) is 23.1 Å². The van der Waals surface area contributed by atoms with E-state index in [9.17, 15) is 13.2 Å². The predicted molar refractivity (Wildman–Crippen MR) is 137 cm³/mol. The van der Waals surface area contributed by atoms with E-state index < -0.39 is 16.0 Å². The first kappa shape index (κ1) is 25.7. The Morgan fingerprint density at radius 3 is 2.57 bits per heavy atom. The largest absolute Gasteiger partial charge is 0.487 e. The van der Waals surface area contributed by atoms with Crippen LogP contribution in [0, 0.1) is 6.92 Å². The summed E-state index contributed by atoms with van der Waals surface area (Å²) < 4.78 is 46.3. The third-order valence-corrected chi connectivity index (χ3v) is 6.58. The minimum absolute atomic E-state index is 0.00471. The van der Waals surface area contributed by atoms with E-state index in [1.54, 1.807) is 19.9 Å². The first-order valence-electron chi connectivity index (χ1n) is 11.4. The van der Waals surface area contributed by atoms with E-state index in [-0.39, 0.29) is 36.0 Å². The number of anilines is 1. The first-order valence-corrected chi connectivity index (χ1v) is 12.9. The molecule has 1 N–H and O–H groups in total. The zero-order valence-corrected chi connectivity index (χ0v) is 21.2. The maximum Gasteiger partial charge on any atom is 0.343 e. The second-order valence-electron chi connectivity index (χ2n) is 7.88. The third kappa shape index (κ3) is 6.07. The summed E-state index contributed by atoms with van der Waals surface area (Å²) in [6.07, 6.45) is 2.98. The molecular weight excluding hydrogens is 496 g/mol. The van der Waals surface area contributed by atoms with Crippen molar-refractivity contribution in [3.05, 3.63) is 90.5 Å². The van der Waals surface area contributed by atoms with Crippen LogP contribution in [0.5, 0.6) is 5.75 Å². The lowest BCUT2D eigenvalue weighted by atomic mass is 10.2. The monoisotopic (exact) mass is 522 g/mol. The number of rotatable bonds is 11. The molecule has 4 rings (SSSR count). The van der Waals surface area contributed by atoms with Crippen LogP contribution in [0.25, 0.3) is 11.5 Å². The molecule has 0 unspecified atom stereocenters. The van der Waals surface area contributed by atoms with E-state index in [1.807, 2.05) is 30.3 Å². The number of benzene rings is 2. The average Bonchev–Trinajstić information content (AvgIpc) is 3.46. The van der Waals surface area contributed by atoms with Gasteiger partial charge in [0.15, 0.2) is 5.82 Å². The van der Waals surface area contributed by atoms with Crippen molar-refractivity contribution in [1.82, 2.24) is 14.8 Å². The van der Waals surface area contributed by atoms with Gasteiger partial charge in [-0.1, -0.05) is 24.3 Å². The maximum atomic E-state index is 13.0. The number of aromatic nitrogens is 3. The van der Waals surface area contributed by atoms with Gasteiger partial charge in [0.1, 0.15) is 29.4 Å². The number of hydrogen-bond acceptors (Lipinski definition) is 8. The zero-order valence-electron chi connectivity index (χ0n) is 20.4. The lowest BCUT2D eigenvalue weighted by Crippen LogP contribution is -2.16. The molecule has 0 atom stereocenters. The Morgan fingerprint density at radius 2 is 1.89 bits per heavy atom. The van der Waals surface area contributed by atoms with Crippen molar-refractivity contribution in [3.63, 3.8) is 0 Å². The molecule has 2 aromatic carbocycles. The minimum atomic E-state index is -4.05. The molecule has 10 nitrogen and oxygen atoms in total. The molecule has 0 aliphatic carbocycles. The smallest absolute Gasteiger partial charge is 0.343 e. The van der Waals surface area contributed by atoms with Gasteiger partial charge in [0, 0.05) is 11.8 Å². The molecule has 4 aromatic rings. The Labute approximate surface area is 214 Å². The van der Waals surface area contributed by atoms with Gasteiger partial charge in [0.25, 0.3) is 10.0 Å². The molecule has 0 aliphatic rings. The van der Waals surface area contributed by atoms with E-state index in [2.05, 4.69) is 21.4 Å². The molecule has 192 valence electrons. The molecule has 2 aromatic heterocycles. The summed E-state index contributed by atoms with van der Waals surface area (Å²) in [5.41, 5.74) is 1.50. The Balaban J connectivity index is 1.46. The normalized spacial score (nSPS) is 11.2. The molecule has 0 bridgehead atoms. The summed E-state index contributed by atoms with van der Waals surface area (Å²) in [7, 11) is -4.05. The number of carbonyl (C=O) groups is 1. The van der Waals surface area contributed by atoms with Crippen molar-refractivity contribution in [3.8, 4) is 17.2 Å². The molecular formula is C26H26N4O6S. The van der Waals surface area contributed by atoms with Crippen LogP contribution in [-0.4, -0.2) is 35.8 Å². The van der Waals surface area contributed by atoms with Gasteiger partial charge < -0.3 is 13.9 Å². The number of nitrogens with one attached hydrogen (secondary N) is 1. The van der Waals surface area contributed by atoms with Crippen molar-refractivity contribution in [2.75, 3.05) is 11.3 Å².